The van der Waals surface area contributed by atoms with Crippen LogP contribution in [0, 0.1) is 0 Å². The van der Waals surface area contributed by atoms with E-state index >= 15 is 0 Å². The zero-order valence-electron chi connectivity index (χ0n) is 30.4. The second-order valence-electron chi connectivity index (χ2n) is 14.4. The van der Waals surface area contributed by atoms with Gasteiger partial charge in [0.1, 0.15) is 22.3 Å². The van der Waals surface area contributed by atoms with Crippen molar-refractivity contribution >= 4 is 65.7 Å². The molecule has 0 aliphatic carbocycles. The van der Waals surface area contributed by atoms with Crippen LogP contribution in [-0.4, -0.2) is 19.5 Å². The summed E-state index contributed by atoms with van der Waals surface area (Å²) in [7, 11) is 0. The van der Waals surface area contributed by atoms with Crippen LogP contribution in [0.25, 0.3) is 117 Å². The molecule has 0 bridgehead atoms. The number of nitrogens with zero attached hydrogens (tertiary/aromatic N) is 4. The molecule has 0 radical (unpaired) electrons. The molecule has 6 nitrogen and oxygen atoms in total. The van der Waals surface area contributed by atoms with Crippen LogP contribution in [0.4, 0.5) is 0 Å². The average Bonchev–Trinajstić information content (AvgIpc) is 3.95. The molecule has 266 valence electrons. The molecule has 0 saturated carbocycles. The Hall–Kier alpha value is -7.83. The number of aromatic nitrogens is 4. The molecule has 0 aliphatic rings. The van der Waals surface area contributed by atoms with Gasteiger partial charge in [-0.05, 0) is 77.9 Å². The minimum Gasteiger partial charge on any atom is -0.456 e. The fourth-order valence-electron chi connectivity index (χ4n) is 8.32. The molecule has 0 unspecified atom stereocenters. The third-order valence-corrected chi connectivity index (χ3v) is 11.1. The Kier molecular flexibility index (Phi) is 6.83. The summed E-state index contributed by atoms with van der Waals surface area (Å²) in [6.07, 6.45) is 0. The Bertz CT molecular complexity index is 3530. The van der Waals surface area contributed by atoms with Crippen molar-refractivity contribution < 1.29 is 8.83 Å². The van der Waals surface area contributed by atoms with Gasteiger partial charge in [0.15, 0.2) is 17.5 Å². The lowest BCUT2D eigenvalue weighted by atomic mass is 10.0. The average molecular weight is 731 g/mol. The summed E-state index contributed by atoms with van der Waals surface area (Å²) in [6.45, 7) is 0. The molecule has 8 aromatic carbocycles. The molecule has 4 heterocycles. The van der Waals surface area contributed by atoms with Gasteiger partial charge in [0.25, 0.3) is 0 Å². The lowest BCUT2D eigenvalue weighted by Crippen LogP contribution is -2.00. The second-order valence-corrected chi connectivity index (χ2v) is 14.4. The van der Waals surface area contributed by atoms with Crippen molar-refractivity contribution in [2.45, 2.75) is 0 Å². The lowest BCUT2D eigenvalue weighted by Gasteiger charge is -2.10. The van der Waals surface area contributed by atoms with Crippen LogP contribution < -0.4 is 0 Å². The fourth-order valence-corrected chi connectivity index (χ4v) is 8.32. The molecule has 0 fully saturated rings. The maximum absolute atomic E-state index is 6.49. The fraction of sp³-hybridized carbons (Fsp3) is 0. The van der Waals surface area contributed by atoms with Crippen LogP contribution >= 0.6 is 0 Å². The highest BCUT2D eigenvalue weighted by molar-refractivity contribution is 6.11. The Morgan fingerprint density at radius 2 is 0.789 bits per heavy atom. The number of furan rings is 2. The lowest BCUT2D eigenvalue weighted by molar-refractivity contribution is 0.669. The summed E-state index contributed by atoms with van der Waals surface area (Å²) in [5, 5.41) is 6.68. The Balaban J connectivity index is 0.983. The van der Waals surface area contributed by atoms with Gasteiger partial charge in [-0.2, -0.15) is 0 Å². The van der Waals surface area contributed by atoms with Crippen molar-refractivity contribution in [3.05, 3.63) is 182 Å². The number of benzene rings is 8. The summed E-state index contributed by atoms with van der Waals surface area (Å²) < 4.78 is 15.0. The van der Waals surface area contributed by atoms with Crippen LogP contribution in [-0.2, 0) is 0 Å². The minimum absolute atomic E-state index is 0.574. The Morgan fingerprint density at radius 1 is 0.298 bits per heavy atom. The van der Waals surface area contributed by atoms with Crippen LogP contribution in [0.15, 0.2) is 191 Å². The molecular weight excluding hydrogens is 701 g/mol. The predicted molar refractivity (Wildman–Crippen MR) is 230 cm³/mol. The standard InChI is InChI=1S/C51H30N4O2/c1-3-11-31(12-4-1)49-52-50(34-20-23-38-37-15-7-9-17-43(37)55(44(38)28-34)36-13-5-2-6-14-36)54-51(53-49)35-21-25-41-42-27-32(22-26-46(42)57-48(41)30-35)33-19-24-40-39-16-8-10-18-45(39)56-47(40)29-33/h1-30H. The van der Waals surface area contributed by atoms with E-state index in [1.165, 1.54) is 10.8 Å². The molecular formula is C51H30N4O2. The number of hydrogen-bond acceptors (Lipinski definition) is 5. The molecule has 12 aromatic rings. The van der Waals surface area contributed by atoms with E-state index in [9.17, 15) is 0 Å². The molecule has 0 aliphatic heterocycles. The highest BCUT2D eigenvalue weighted by Crippen LogP contribution is 2.38. The quantitative estimate of drug-likeness (QED) is 0.176. The summed E-state index contributed by atoms with van der Waals surface area (Å²) >= 11 is 0. The van der Waals surface area contributed by atoms with Gasteiger partial charge in [0.05, 0.1) is 11.0 Å². The molecule has 4 aromatic heterocycles. The van der Waals surface area contributed by atoms with Gasteiger partial charge in [-0.15, -0.1) is 0 Å². The second kappa shape index (κ2) is 12.3. The van der Waals surface area contributed by atoms with Crippen LogP contribution in [0.3, 0.4) is 0 Å². The number of hydrogen-bond donors (Lipinski definition) is 0. The SMILES string of the molecule is c1ccc(-c2nc(-c3ccc4c(c3)oc3ccc(-c5ccc6c(c5)oc5ccccc56)cc34)nc(-c3ccc4c5ccccc5n(-c5ccccc5)c4c3)n2)cc1. The van der Waals surface area contributed by atoms with E-state index in [0.29, 0.717) is 17.5 Å². The predicted octanol–water partition coefficient (Wildman–Crippen LogP) is 13.4. The Morgan fingerprint density at radius 3 is 1.56 bits per heavy atom. The van der Waals surface area contributed by atoms with Crippen LogP contribution in [0.2, 0.25) is 0 Å². The van der Waals surface area contributed by atoms with E-state index < -0.39 is 0 Å². The topological polar surface area (TPSA) is 69.9 Å². The van der Waals surface area contributed by atoms with Crippen molar-refractivity contribution in [2.24, 2.45) is 0 Å². The zero-order valence-corrected chi connectivity index (χ0v) is 30.4. The summed E-state index contributed by atoms with van der Waals surface area (Å²) in [6, 6.07) is 62.8. The number of rotatable bonds is 5. The first-order chi connectivity index (χ1) is 28.2. The van der Waals surface area contributed by atoms with E-state index in [1.54, 1.807) is 0 Å². The van der Waals surface area contributed by atoms with Gasteiger partial charge in [0.2, 0.25) is 0 Å². The molecule has 0 saturated heterocycles. The van der Waals surface area contributed by atoms with Crippen molar-refractivity contribution in [3.8, 4) is 51.0 Å². The molecule has 57 heavy (non-hydrogen) atoms. The molecule has 6 heteroatoms. The molecule has 12 rings (SSSR count). The van der Waals surface area contributed by atoms with Gasteiger partial charge in [-0.3, -0.25) is 0 Å². The molecule has 0 atom stereocenters. The third-order valence-electron chi connectivity index (χ3n) is 11.1. The Labute approximate surface area is 325 Å². The van der Waals surface area contributed by atoms with Crippen LogP contribution in [0.5, 0.6) is 0 Å². The van der Waals surface area contributed by atoms with Crippen molar-refractivity contribution in [3.63, 3.8) is 0 Å². The number of fused-ring (bicyclic) bond motifs is 9. The smallest absolute Gasteiger partial charge is 0.164 e. The van der Waals surface area contributed by atoms with E-state index in [1.807, 2.05) is 66.7 Å². The monoisotopic (exact) mass is 730 g/mol. The minimum atomic E-state index is 0.574. The summed E-state index contributed by atoms with van der Waals surface area (Å²) in [5.74, 6) is 1.78. The van der Waals surface area contributed by atoms with Gasteiger partial charge < -0.3 is 13.4 Å². The zero-order chi connectivity index (χ0) is 37.5. The summed E-state index contributed by atoms with van der Waals surface area (Å²) in [4.78, 5) is 15.2. The van der Waals surface area contributed by atoms with Crippen molar-refractivity contribution in [1.82, 2.24) is 19.5 Å². The maximum atomic E-state index is 6.49. The molecule has 0 amide bonds. The van der Waals surface area contributed by atoms with E-state index in [2.05, 4.69) is 120 Å². The highest BCUT2D eigenvalue weighted by Gasteiger charge is 2.18. The maximum Gasteiger partial charge on any atom is 0.164 e. The van der Waals surface area contributed by atoms with Crippen molar-refractivity contribution in [2.75, 3.05) is 0 Å². The first-order valence-corrected chi connectivity index (χ1v) is 19.0. The molecule has 0 N–H and O–H groups in total. The summed E-state index contributed by atoms with van der Waals surface area (Å²) in [5.41, 5.74) is 11.5. The van der Waals surface area contributed by atoms with Crippen LogP contribution in [0.1, 0.15) is 0 Å². The van der Waals surface area contributed by atoms with Gasteiger partial charge >= 0.3 is 0 Å². The van der Waals surface area contributed by atoms with Gasteiger partial charge in [-0.25, -0.2) is 15.0 Å². The normalized spacial score (nSPS) is 11.9. The van der Waals surface area contributed by atoms with Crippen molar-refractivity contribution in [1.29, 1.82) is 0 Å². The van der Waals surface area contributed by atoms with E-state index in [0.717, 1.165) is 88.4 Å². The van der Waals surface area contributed by atoms with Gasteiger partial charge in [0, 0.05) is 54.7 Å². The van der Waals surface area contributed by atoms with E-state index in [4.69, 9.17) is 23.8 Å². The highest BCUT2D eigenvalue weighted by atomic mass is 16.3. The van der Waals surface area contributed by atoms with E-state index in [-0.39, 0.29) is 0 Å². The van der Waals surface area contributed by atoms with Gasteiger partial charge in [-0.1, -0.05) is 115 Å². The number of para-hydroxylation sites is 3. The third kappa shape index (κ3) is 5.08. The first kappa shape index (κ1) is 31.5. The largest absolute Gasteiger partial charge is 0.456 e. The first-order valence-electron chi connectivity index (χ1n) is 19.0. The molecule has 0 spiro atoms.